The molecule has 0 aromatic heterocycles. The van der Waals surface area contributed by atoms with Crippen LogP contribution in [0.5, 0.6) is 0 Å². The van der Waals surface area contributed by atoms with E-state index in [4.69, 9.17) is 0 Å². The minimum atomic E-state index is -0.131. The second-order valence-electron chi connectivity index (χ2n) is 10.6. The van der Waals surface area contributed by atoms with Crippen molar-refractivity contribution < 1.29 is 9.59 Å². The van der Waals surface area contributed by atoms with Crippen LogP contribution in [0.15, 0.2) is 48.7 Å². The molecule has 37 heavy (non-hydrogen) atoms. The van der Waals surface area contributed by atoms with Crippen LogP contribution in [-0.2, 0) is 11.3 Å². The van der Waals surface area contributed by atoms with Crippen LogP contribution in [0.1, 0.15) is 53.2 Å². The number of hydrogen-bond acceptors (Lipinski definition) is 5. The minimum Gasteiger partial charge on any atom is -0.350 e. The van der Waals surface area contributed by atoms with Gasteiger partial charge in [-0.25, -0.2) is 0 Å². The summed E-state index contributed by atoms with van der Waals surface area (Å²) >= 11 is 0. The maximum absolute atomic E-state index is 13.2. The first-order valence-electron chi connectivity index (χ1n) is 13.6. The maximum atomic E-state index is 13.2. The van der Waals surface area contributed by atoms with Gasteiger partial charge in [0.25, 0.3) is 11.8 Å². The van der Waals surface area contributed by atoms with Crippen molar-refractivity contribution in [3.05, 3.63) is 70.9 Å². The Morgan fingerprint density at radius 2 is 1.70 bits per heavy atom. The van der Waals surface area contributed by atoms with E-state index in [1.54, 1.807) is 4.90 Å². The molecule has 2 aromatic rings. The number of aryl methyl sites for hydroxylation is 2. The van der Waals surface area contributed by atoms with Gasteiger partial charge in [0.05, 0.1) is 29.8 Å². The molecular weight excluding hydrogens is 462 g/mol. The van der Waals surface area contributed by atoms with E-state index >= 15 is 0 Å². The Bertz CT molecular complexity index is 1180. The van der Waals surface area contributed by atoms with Gasteiger partial charge in [-0.05, 0) is 87.2 Å². The second kappa shape index (κ2) is 10.7. The number of piperidine rings is 1. The van der Waals surface area contributed by atoms with Gasteiger partial charge in [-0.1, -0.05) is 25.6 Å². The SMILES string of the molecule is C=C1Nc2cc(C)c(C)cc2N(Cc2ccc(C(=O)N3CCN(C4CCCCN4CC)CC3)cc2)C1=O. The van der Waals surface area contributed by atoms with Crippen molar-refractivity contribution in [2.45, 2.75) is 52.7 Å². The van der Waals surface area contributed by atoms with Crippen LogP contribution >= 0.6 is 0 Å². The average molecular weight is 502 g/mol. The maximum Gasteiger partial charge on any atom is 0.274 e. The highest BCUT2D eigenvalue weighted by Crippen LogP contribution is 2.35. The molecule has 3 aliphatic rings. The van der Waals surface area contributed by atoms with Crippen LogP contribution in [0.3, 0.4) is 0 Å². The number of nitrogens with zero attached hydrogens (tertiary/aromatic N) is 4. The van der Waals surface area contributed by atoms with Crippen molar-refractivity contribution in [1.82, 2.24) is 14.7 Å². The van der Waals surface area contributed by atoms with Crippen LogP contribution in [0, 0.1) is 13.8 Å². The molecule has 7 nitrogen and oxygen atoms in total. The minimum absolute atomic E-state index is 0.0882. The normalized spacial score (nSPS) is 21.1. The summed E-state index contributed by atoms with van der Waals surface area (Å²) in [5.74, 6) is -0.0429. The van der Waals surface area contributed by atoms with E-state index in [1.165, 1.54) is 31.4 Å². The van der Waals surface area contributed by atoms with Gasteiger partial charge >= 0.3 is 0 Å². The number of benzene rings is 2. The number of likely N-dealkylation sites (tertiary alicyclic amines) is 1. The number of carbonyl (C=O) groups excluding carboxylic acids is 2. The van der Waals surface area contributed by atoms with Gasteiger partial charge < -0.3 is 15.1 Å². The molecule has 2 saturated heterocycles. The first-order valence-corrected chi connectivity index (χ1v) is 13.6. The van der Waals surface area contributed by atoms with E-state index in [-0.39, 0.29) is 11.8 Å². The van der Waals surface area contributed by atoms with Crippen molar-refractivity contribution in [2.24, 2.45) is 0 Å². The molecule has 0 radical (unpaired) electrons. The summed E-state index contributed by atoms with van der Waals surface area (Å²) in [4.78, 5) is 35.1. The largest absolute Gasteiger partial charge is 0.350 e. The molecule has 0 saturated carbocycles. The van der Waals surface area contributed by atoms with E-state index in [9.17, 15) is 9.59 Å². The van der Waals surface area contributed by atoms with E-state index in [2.05, 4.69) is 48.5 Å². The van der Waals surface area contributed by atoms with Crippen LogP contribution < -0.4 is 10.2 Å². The first kappa shape index (κ1) is 25.5. The number of nitrogens with one attached hydrogen (secondary N) is 1. The molecule has 0 bridgehead atoms. The number of fused-ring (bicyclic) bond motifs is 1. The topological polar surface area (TPSA) is 59.1 Å². The highest BCUT2D eigenvalue weighted by molar-refractivity contribution is 6.12. The van der Waals surface area contributed by atoms with Crippen LogP contribution in [-0.4, -0.2) is 71.9 Å². The third kappa shape index (κ3) is 5.15. The first-order chi connectivity index (χ1) is 17.9. The lowest BCUT2D eigenvalue weighted by atomic mass is 10.0. The Kier molecular flexibility index (Phi) is 7.36. The molecule has 3 heterocycles. The number of amides is 2. The van der Waals surface area contributed by atoms with E-state index in [0.29, 0.717) is 24.0 Å². The predicted molar refractivity (Wildman–Crippen MR) is 149 cm³/mol. The fourth-order valence-corrected chi connectivity index (χ4v) is 5.87. The van der Waals surface area contributed by atoms with Crippen LogP contribution in [0.25, 0.3) is 0 Å². The fourth-order valence-electron chi connectivity index (χ4n) is 5.87. The number of anilines is 2. The van der Waals surface area contributed by atoms with E-state index in [1.807, 2.05) is 35.2 Å². The van der Waals surface area contributed by atoms with E-state index < -0.39 is 0 Å². The van der Waals surface area contributed by atoms with Gasteiger partial charge in [-0.15, -0.1) is 0 Å². The molecule has 2 aromatic carbocycles. The molecule has 1 atom stereocenters. The molecule has 196 valence electrons. The van der Waals surface area contributed by atoms with Gasteiger partial charge in [0.2, 0.25) is 0 Å². The predicted octanol–water partition coefficient (Wildman–Crippen LogP) is 4.37. The summed E-state index contributed by atoms with van der Waals surface area (Å²) in [6, 6.07) is 11.8. The third-order valence-corrected chi connectivity index (χ3v) is 8.24. The van der Waals surface area contributed by atoms with Crippen LogP contribution in [0.2, 0.25) is 0 Å². The average Bonchev–Trinajstić information content (AvgIpc) is 2.92. The highest BCUT2D eigenvalue weighted by atomic mass is 16.2. The quantitative estimate of drug-likeness (QED) is 0.617. The molecule has 0 aliphatic carbocycles. The molecule has 7 heteroatoms. The monoisotopic (exact) mass is 501 g/mol. The number of carbonyl (C=O) groups is 2. The van der Waals surface area contributed by atoms with Crippen molar-refractivity contribution in [2.75, 3.05) is 49.5 Å². The second-order valence-corrected chi connectivity index (χ2v) is 10.6. The molecule has 5 rings (SSSR count). The summed E-state index contributed by atoms with van der Waals surface area (Å²) in [5.41, 5.74) is 6.11. The summed E-state index contributed by atoms with van der Waals surface area (Å²) in [7, 11) is 0. The van der Waals surface area contributed by atoms with Gasteiger partial charge in [0, 0.05) is 31.7 Å². The Balaban J connectivity index is 1.23. The highest BCUT2D eigenvalue weighted by Gasteiger charge is 2.31. The molecular formula is C30H39N5O2. The molecule has 0 spiro atoms. The van der Waals surface area contributed by atoms with Gasteiger partial charge in [0.1, 0.15) is 0 Å². The molecule has 1 unspecified atom stereocenters. The zero-order valence-corrected chi connectivity index (χ0v) is 22.4. The summed E-state index contributed by atoms with van der Waals surface area (Å²) < 4.78 is 0. The smallest absolute Gasteiger partial charge is 0.274 e. The number of piperazine rings is 1. The summed E-state index contributed by atoms with van der Waals surface area (Å²) in [6.07, 6.45) is 4.35. The van der Waals surface area contributed by atoms with Gasteiger partial charge in [0.15, 0.2) is 0 Å². The fraction of sp³-hybridized carbons (Fsp3) is 0.467. The van der Waals surface area contributed by atoms with Crippen LogP contribution in [0.4, 0.5) is 11.4 Å². The standard InChI is InChI=1S/C30H39N5O2/c1-5-32-13-7-6-8-28(32)33-14-16-34(17-15-33)30(37)25-11-9-24(10-12-25)20-35-27-19-22(3)21(2)18-26(27)31-23(4)29(35)36/h9-12,18-19,28,31H,4-8,13-17,20H2,1-3H3. The molecule has 1 N–H and O–H groups in total. The van der Waals surface area contributed by atoms with Crippen molar-refractivity contribution >= 4 is 23.2 Å². The molecule has 3 aliphatic heterocycles. The Morgan fingerprint density at radius 3 is 2.41 bits per heavy atom. The molecule has 2 fully saturated rings. The zero-order valence-electron chi connectivity index (χ0n) is 22.4. The van der Waals surface area contributed by atoms with Gasteiger partial charge in [-0.3, -0.25) is 19.4 Å². The summed E-state index contributed by atoms with van der Waals surface area (Å²) in [5, 5.41) is 3.14. The molecule has 2 amide bonds. The Hall–Kier alpha value is -3.16. The van der Waals surface area contributed by atoms with Crippen molar-refractivity contribution in [1.29, 1.82) is 0 Å². The third-order valence-electron chi connectivity index (χ3n) is 8.24. The van der Waals surface area contributed by atoms with E-state index in [0.717, 1.165) is 55.2 Å². The van der Waals surface area contributed by atoms with Crippen molar-refractivity contribution in [3.8, 4) is 0 Å². The lowest BCUT2D eigenvalue weighted by Gasteiger charge is -2.45. The Labute approximate surface area is 220 Å². The number of hydrogen-bond donors (Lipinski definition) is 1. The Morgan fingerprint density at radius 1 is 1.00 bits per heavy atom. The van der Waals surface area contributed by atoms with Crippen molar-refractivity contribution in [3.63, 3.8) is 0 Å². The lowest BCUT2D eigenvalue weighted by Crippen LogP contribution is -2.57. The summed E-state index contributed by atoms with van der Waals surface area (Å²) in [6.45, 7) is 16.4. The van der Waals surface area contributed by atoms with Gasteiger partial charge in [-0.2, -0.15) is 0 Å². The zero-order chi connectivity index (χ0) is 26.1. The number of rotatable bonds is 5. The lowest BCUT2D eigenvalue weighted by molar-refractivity contribution is -0.115.